The smallest absolute Gasteiger partial charge is 0.406 e. The topological polar surface area (TPSA) is 77.8 Å². The monoisotopic (exact) mass is 349 g/mol. The van der Waals surface area contributed by atoms with Crippen molar-refractivity contribution in [2.45, 2.75) is 25.1 Å². The lowest BCUT2D eigenvalue weighted by Crippen LogP contribution is -2.47. The molecule has 0 saturated carbocycles. The molecule has 0 radical (unpaired) electrons. The number of alkyl halides is 3. The Bertz CT molecular complexity index is 649. The second-order valence-corrected chi connectivity index (χ2v) is 5.73. The summed E-state index contributed by atoms with van der Waals surface area (Å²) in [5, 5.41) is 18.9. The van der Waals surface area contributed by atoms with Gasteiger partial charge in [0.2, 0.25) is 5.91 Å². The van der Waals surface area contributed by atoms with Crippen LogP contribution in [-0.4, -0.2) is 46.3 Å². The van der Waals surface area contributed by atoms with Gasteiger partial charge in [0.05, 0.1) is 12.5 Å². The van der Waals surface area contributed by atoms with Crippen LogP contribution in [0, 0.1) is 11.2 Å². The number of halogens is 4. The fourth-order valence-electron chi connectivity index (χ4n) is 2.68. The fourth-order valence-corrected chi connectivity index (χ4v) is 2.68. The Morgan fingerprint density at radius 1 is 1.33 bits per heavy atom. The zero-order valence-electron chi connectivity index (χ0n) is 12.4. The molecule has 0 aromatic heterocycles. The van der Waals surface area contributed by atoms with E-state index in [9.17, 15) is 32.3 Å². The molecule has 1 fully saturated rings. The minimum atomic E-state index is -4.99. The van der Waals surface area contributed by atoms with Gasteiger partial charge in [-0.1, -0.05) is 12.1 Å². The molecular formula is C15H15F4NO4. The number of aliphatic hydroxyl groups is 1. The van der Waals surface area contributed by atoms with Crippen LogP contribution in [0.3, 0.4) is 0 Å². The van der Waals surface area contributed by atoms with E-state index < -0.39 is 54.8 Å². The minimum absolute atomic E-state index is 0.114. The number of nitrogens with zero attached hydrogens (tertiary/aromatic N) is 1. The third kappa shape index (κ3) is 3.35. The summed E-state index contributed by atoms with van der Waals surface area (Å²) >= 11 is 0. The summed E-state index contributed by atoms with van der Waals surface area (Å²) in [6.07, 6.45) is -7.68. The van der Waals surface area contributed by atoms with E-state index in [1.807, 2.05) is 0 Å². The fraction of sp³-hybridized carbons (Fsp3) is 0.467. The number of benzene rings is 1. The lowest BCUT2D eigenvalue weighted by molar-refractivity contribution is -0.227. The molecule has 1 aromatic rings. The van der Waals surface area contributed by atoms with Gasteiger partial charge in [0, 0.05) is 13.1 Å². The number of carbonyl (C=O) groups is 2. The standard InChI is InChI=1S/C15H15F4NO4/c16-10-3-1-2-9(6-10)11(21)7-12(22)20-5-4-14(8-20,13(23)24)15(17,18)19/h1-3,6,11,21H,4-5,7-8H2,(H,23,24)/t11-,14-/m1/s1. The summed E-state index contributed by atoms with van der Waals surface area (Å²) in [6, 6.07) is 4.86. The van der Waals surface area contributed by atoms with Gasteiger partial charge in [-0.3, -0.25) is 9.59 Å². The average Bonchev–Trinajstić information content (AvgIpc) is 2.93. The number of amides is 1. The molecule has 0 aliphatic carbocycles. The van der Waals surface area contributed by atoms with Crippen LogP contribution in [0.25, 0.3) is 0 Å². The maximum atomic E-state index is 13.1. The van der Waals surface area contributed by atoms with Crippen molar-refractivity contribution >= 4 is 11.9 Å². The highest BCUT2D eigenvalue weighted by molar-refractivity contribution is 5.81. The van der Waals surface area contributed by atoms with Crippen LogP contribution in [0.4, 0.5) is 17.6 Å². The Morgan fingerprint density at radius 2 is 2.00 bits per heavy atom. The Hall–Kier alpha value is -2.16. The number of aliphatic hydroxyl groups excluding tert-OH is 1. The third-order valence-corrected chi connectivity index (χ3v) is 4.18. The van der Waals surface area contributed by atoms with E-state index >= 15 is 0 Å². The van der Waals surface area contributed by atoms with Crippen molar-refractivity contribution in [1.82, 2.24) is 4.90 Å². The van der Waals surface area contributed by atoms with Crippen molar-refractivity contribution in [3.05, 3.63) is 35.6 Å². The van der Waals surface area contributed by atoms with Crippen LogP contribution in [0.2, 0.25) is 0 Å². The van der Waals surface area contributed by atoms with E-state index in [-0.39, 0.29) is 12.1 Å². The number of carboxylic acid groups (broad SMARTS) is 1. The van der Waals surface area contributed by atoms with Gasteiger partial charge in [-0.05, 0) is 24.1 Å². The largest absolute Gasteiger partial charge is 0.481 e. The van der Waals surface area contributed by atoms with Crippen LogP contribution < -0.4 is 0 Å². The molecule has 9 heteroatoms. The third-order valence-electron chi connectivity index (χ3n) is 4.18. The van der Waals surface area contributed by atoms with E-state index in [2.05, 4.69) is 0 Å². The average molecular weight is 349 g/mol. The first kappa shape index (κ1) is 18.2. The van der Waals surface area contributed by atoms with E-state index in [1.54, 1.807) is 0 Å². The summed E-state index contributed by atoms with van der Waals surface area (Å²) in [5.74, 6) is -3.47. The van der Waals surface area contributed by atoms with E-state index in [0.717, 1.165) is 17.0 Å². The van der Waals surface area contributed by atoms with Gasteiger partial charge in [-0.2, -0.15) is 13.2 Å². The van der Waals surface area contributed by atoms with Crippen molar-refractivity contribution in [3.63, 3.8) is 0 Å². The summed E-state index contributed by atoms with van der Waals surface area (Å²) < 4.78 is 52.3. The molecule has 2 rings (SSSR count). The van der Waals surface area contributed by atoms with E-state index in [0.29, 0.717) is 0 Å². The quantitative estimate of drug-likeness (QED) is 0.817. The molecule has 1 saturated heterocycles. The second-order valence-electron chi connectivity index (χ2n) is 5.73. The number of rotatable bonds is 4. The molecule has 2 atom stereocenters. The summed E-state index contributed by atoms with van der Waals surface area (Å²) in [6.45, 7) is -1.37. The van der Waals surface area contributed by atoms with Crippen LogP contribution in [-0.2, 0) is 9.59 Å². The maximum Gasteiger partial charge on any atom is 0.406 e. The zero-order valence-corrected chi connectivity index (χ0v) is 12.4. The van der Waals surface area contributed by atoms with Crippen LogP contribution in [0.5, 0.6) is 0 Å². The molecule has 1 aromatic carbocycles. The first-order valence-corrected chi connectivity index (χ1v) is 7.08. The predicted octanol–water partition coefficient (Wildman–Crippen LogP) is 2.11. The van der Waals surface area contributed by atoms with Gasteiger partial charge in [0.25, 0.3) is 0 Å². The molecule has 1 heterocycles. The van der Waals surface area contributed by atoms with Crippen molar-refractivity contribution in [3.8, 4) is 0 Å². The van der Waals surface area contributed by atoms with Gasteiger partial charge in [0.1, 0.15) is 5.82 Å². The lowest BCUT2D eigenvalue weighted by atomic mass is 9.86. The second kappa shape index (κ2) is 6.39. The number of aliphatic carboxylic acids is 1. The number of carbonyl (C=O) groups excluding carboxylic acids is 1. The predicted molar refractivity (Wildman–Crippen MR) is 73.3 cm³/mol. The van der Waals surface area contributed by atoms with Crippen LogP contribution in [0.15, 0.2) is 24.3 Å². The summed E-state index contributed by atoms with van der Waals surface area (Å²) in [7, 11) is 0. The van der Waals surface area contributed by atoms with Crippen molar-refractivity contribution in [2.75, 3.05) is 13.1 Å². The van der Waals surface area contributed by atoms with Gasteiger partial charge in [-0.15, -0.1) is 0 Å². The van der Waals surface area contributed by atoms with Crippen molar-refractivity contribution < 1.29 is 37.4 Å². The number of likely N-dealkylation sites (tertiary alicyclic amines) is 1. The number of carboxylic acids is 1. The summed E-state index contributed by atoms with van der Waals surface area (Å²) in [5.41, 5.74) is -2.88. The highest BCUT2D eigenvalue weighted by Gasteiger charge is 2.64. The Labute approximate surface area is 134 Å². The van der Waals surface area contributed by atoms with Gasteiger partial charge in [-0.25, -0.2) is 4.39 Å². The van der Waals surface area contributed by atoms with Crippen molar-refractivity contribution in [1.29, 1.82) is 0 Å². The Balaban J connectivity index is 2.08. The van der Waals surface area contributed by atoms with E-state index in [4.69, 9.17) is 5.11 Å². The molecule has 0 unspecified atom stereocenters. The molecule has 2 N–H and O–H groups in total. The van der Waals surface area contributed by atoms with Gasteiger partial charge < -0.3 is 15.1 Å². The normalized spacial score (nSPS) is 22.5. The van der Waals surface area contributed by atoms with Crippen molar-refractivity contribution in [2.24, 2.45) is 5.41 Å². The number of hydrogen-bond acceptors (Lipinski definition) is 3. The molecule has 1 aliphatic heterocycles. The Morgan fingerprint density at radius 3 is 2.50 bits per heavy atom. The maximum absolute atomic E-state index is 13.1. The molecule has 0 bridgehead atoms. The highest BCUT2D eigenvalue weighted by atomic mass is 19.4. The first-order valence-electron chi connectivity index (χ1n) is 7.08. The molecule has 132 valence electrons. The first-order chi connectivity index (χ1) is 11.1. The molecular weight excluding hydrogens is 334 g/mol. The number of hydrogen-bond donors (Lipinski definition) is 2. The van der Waals surface area contributed by atoms with Crippen LogP contribution in [0.1, 0.15) is 24.5 Å². The lowest BCUT2D eigenvalue weighted by Gasteiger charge is -2.27. The molecule has 1 amide bonds. The molecule has 0 spiro atoms. The molecule has 24 heavy (non-hydrogen) atoms. The van der Waals surface area contributed by atoms with Gasteiger partial charge in [0.15, 0.2) is 5.41 Å². The zero-order chi connectivity index (χ0) is 18.1. The summed E-state index contributed by atoms with van der Waals surface area (Å²) in [4.78, 5) is 23.9. The Kier molecular flexibility index (Phi) is 4.84. The van der Waals surface area contributed by atoms with E-state index in [1.165, 1.54) is 12.1 Å². The SMILES string of the molecule is O=C(C[C@@H](O)c1cccc(F)c1)N1CC[C@@](C(=O)O)(C(F)(F)F)C1. The minimum Gasteiger partial charge on any atom is -0.481 e. The highest BCUT2D eigenvalue weighted by Crippen LogP contribution is 2.46. The molecule has 5 nitrogen and oxygen atoms in total. The van der Waals surface area contributed by atoms with Gasteiger partial charge >= 0.3 is 12.1 Å². The molecule has 1 aliphatic rings. The van der Waals surface area contributed by atoms with Crippen LogP contribution >= 0.6 is 0 Å².